The summed E-state index contributed by atoms with van der Waals surface area (Å²) in [6.45, 7) is 5.04. The molecule has 0 aliphatic carbocycles. The minimum absolute atomic E-state index is 0.0267. The van der Waals surface area contributed by atoms with E-state index in [9.17, 15) is 4.79 Å². The summed E-state index contributed by atoms with van der Waals surface area (Å²) in [6, 6.07) is 1.39. The van der Waals surface area contributed by atoms with Gasteiger partial charge in [-0.05, 0) is 24.0 Å². The van der Waals surface area contributed by atoms with Crippen molar-refractivity contribution in [2.24, 2.45) is 0 Å². The van der Waals surface area contributed by atoms with E-state index in [1.54, 1.807) is 4.90 Å². The highest BCUT2D eigenvalue weighted by Crippen LogP contribution is 2.39. The molecule has 1 amide bonds. The minimum Gasteiger partial charge on any atom is -0.453 e. The second-order valence-corrected chi connectivity index (χ2v) is 8.05. The molecular weight excluding hydrogens is 411 g/mol. The number of rotatable bonds is 3. The first-order valence-electron chi connectivity index (χ1n) is 9.63. The van der Waals surface area contributed by atoms with Gasteiger partial charge in [-0.2, -0.15) is 0 Å². The second-order valence-electron chi connectivity index (χ2n) is 7.65. The molecule has 1 aliphatic rings. The van der Waals surface area contributed by atoms with Crippen molar-refractivity contribution in [3.63, 3.8) is 0 Å². The largest absolute Gasteiger partial charge is 0.453 e. The predicted molar refractivity (Wildman–Crippen MR) is 112 cm³/mol. The number of imidazole rings is 1. The number of nitrogens with two attached hydrogens (primary N) is 1. The number of nitrogens with one attached hydrogen (secondary N) is 1. The highest BCUT2D eigenvalue weighted by molar-refractivity contribution is 6.33. The number of carbonyl (C=O) groups is 1. The Kier molecular flexibility index (Phi) is 5.23. The molecule has 1 aromatic carbocycles. The molecule has 3 heterocycles. The van der Waals surface area contributed by atoms with Crippen LogP contribution in [-0.4, -0.2) is 51.1 Å². The van der Waals surface area contributed by atoms with Gasteiger partial charge in [-0.1, -0.05) is 25.4 Å². The van der Waals surface area contributed by atoms with E-state index in [-0.39, 0.29) is 34.4 Å². The zero-order valence-electron chi connectivity index (χ0n) is 16.9. The first-order valence-corrected chi connectivity index (χ1v) is 10.0. The molecular formula is C20H22ClFN6O2. The van der Waals surface area contributed by atoms with Crippen LogP contribution in [0.15, 0.2) is 12.3 Å². The number of amides is 1. The molecule has 1 atom stereocenters. The van der Waals surface area contributed by atoms with Gasteiger partial charge in [-0.25, -0.2) is 24.1 Å². The van der Waals surface area contributed by atoms with Gasteiger partial charge in [0.1, 0.15) is 11.3 Å². The minimum atomic E-state index is -0.483. The Morgan fingerprint density at radius 2 is 2.20 bits per heavy atom. The van der Waals surface area contributed by atoms with E-state index in [1.807, 2.05) is 13.8 Å². The number of aromatic nitrogens is 4. The maximum atomic E-state index is 15.1. The van der Waals surface area contributed by atoms with Crippen molar-refractivity contribution in [2.45, 2.75) is 32.1 Å². The zero-order valence-corrected chi connectivity index (χ0v) is 17.6. The Labute approximate surface area is 177 Å². The summed E-state index contributed by atoms with van der Waals surface area (Å²) in [4.78, 5) is 29.4. The van der Waals surface area contributed by atoms with Gasteiger partial charge >= 0.3 is 6.09 Å². The molecule has 158 valence electrons. The van der Waals surface area contributed by atoms with Crippen LogP contribution in [0.4, 0.5) is 15.1 Å². The van der Waals surface area contributed by atoms with Crippen LogP contribution in [0.1, 0.15) is 43.5 Å². The Morgan fingerprint density at radius 3 is 2.90 bits per heavy atom. The van der Waals surface area contributed by atoms with Gasteiger partial charge in [0.15, 0.2) is 5.82 Å². The lowest BCUT2D eigenvalue weighted by Crippen LogP contribution is -2.28. The van der Waals surface area contributed by atoms with E-state index >= 15 is 4.39 Å². The summed E-state index contributed by atoms with van der Waals surface area (Å²) < 4.78 is 19.9. The molecule has 0 saturated carbocycles. The zero-order chi connectivity index (χ0) is 21.6. The normalized spacial score (nSPS) is 16.6. The molecule has 3 N–H and O–H groups in total. The maximum absolute atomic E-state index is 15.1. The van der Waals surface area contributed by atoms with Crippen LogP contribution < -0.4 is 5.73 Å². The molecule has 10 heteroatoms. The van der Waals surface area contributed by atoms with Gasteiger partial charge in [0.25, 0.3) is 0 Å². The average Bonchev–Trinajstić information content (AvgIpc) is 3.36. The number of anilines is 1. The summed E-state index contributed by atoms with van der Waals surface area (Å²) in [5, 5.41) is 0.286. The average molecular weight is 433 g/mol. The smallest absolute Gasteiger partial charge is 0.409 e. The molecule has 0 radical (unpaired) electrons. The monoisotopic (exact) mass is 432 g/mol. The third kappa shape index (κ3) is 3.43. The SMILES string of the molecule is COC(=O)N1CCC(c2nc3c(F)cc(-c4nc(N)ncc4Cl)c(C(C)C)c3[nH]2)C1. The number of H-pyrrole nitrogens is 1. The summed E-state index contributed by atoms with van der Waals surface area (Å²) in [7, 11) is 1.35. The maximum Gasteiger partial charge on any atom is 0.409 e. The van der Waals surface area contributed by atoms with E-state index < -0.39 is 5.82 Å². The van der Waals surface area contributed by atoms with Crippen LogP contribution in [0.2, 0.25) is 5.02 Å². The number of carbonyl (C=O) groups excluding carboxylic acids is 1. The lowest BCUT2D eigenvalue weighted by molar-refractivity contribution is 0.132. The van der Waals surface area contributed by atoms with Gasteiger partial charge in [0.05, 0.1) is 29.5 Å². The third-order valence-corrected chi connectivity index (χ3v) is 5.66. The van der Waals surface area contributed by atoms with Crippen LogP contribution >= 0.6 is 11.6 Å². The molecule has 1 saturated heterocycles. The number of benzene rings is 1. The number of hydrogen-bond acceptors (Lipinski definition) is 6. The van der Waals surface area contributed by atoms with Crippen LogP contribution in [0.3, 0.4) is 0 Å². The molecule has 4 rings (SSSR count). The summed E-state index contributed by atoms with van der Waals surface area (Å²) in [6.07, 6.45) is 1.75. The highest BCUT2D eigenvalue weighted by atomic mass is 35.5. The van der Waals surface area contributed by atoms with Crippen molar-refractivity contribution < 1.29 is 13.9 Å². The van der Waals surface area contributed by atoms with Crippen molar-refractivity contribution in [2.75, 3.05) is 25.9 Å². The van der Waals surface area contributed by atoms with E-state index in [1.165, 1.54) is 19.4 Å². The lowest BCUT2D eigenvalue weighted by Gasteiger charge is -2.15. The Hall–Kier alpha value is -2.94. The van der Waals surface area contributed by atoms with Crippen molar-refractivity contribution in [1.82, 2.24) is 24.8 Å². The van der Waals surface area contributed by atoms with Gasteiger partial charge < -0.3 is 20.4 Å². The standard InChI is InChI=1S/C20H22ClFN6O2/c1-9(2)14-11(15-12(21)7-24-19(23)27-15)6-13(22)16-17(14)26-18(25-16)10-4-5-28(8-10)20(29)30-3/h6-7,9-10H,4-5,8H2,1-3H3,(H,25,26)(H2,23,24,27). The number of methoxy groups -OCH3 is 1. The summed E-state index contributed by atoms with van der Waals surface area (Å²) >= 11 is 6.30. The number of fused-ring (bicyclic) bond motifs is 1. The van der Waals surface area contributed by atoms with Crippen LogP contribution in [-0.2, 0) is 4.74 Å². The Balaban J connectivity index is 1.84. The topological polar surface area (TPSA) is 110 Å². The third-order valence-electron chi connectivity index (χ3n) is 5.38. The van der Waals surface area contributed by atoms with Crippen LogP contribution in [0.25, 0.3) is 22.3 Å². The Morgan fingerprint density at radius 1 is 1.43 bits per heavy atom. The lowest BCUT2D eigenvalue weighted by atomic mass is 9.93. The first-order chi connectivity index (χ1) is 14.3. The molecule has 0 bridgehead atoms. The van der Waals surface area contributed by atoms with Crippen molar-refractivity contribution in [1.29, 1.82) is 0 Å². The first kappa shape index (κ1) is 20.3. The molecule has 1 unspecified atom stereocenters. The molecule has 1 fully saturated rings. The van der Waals surface area contributed by atoms with E-state index in [0.717, 1.165) is 5.56 Å². The number of nitrogen functional groups attached to an aromatic ring is 1. The predicted octanol–water partition coefficient (Wildman–Crippen LogP) is 4.07. The number of ether oxygens (including phenoxy) is 1. The van der Waals surface area contributed by atoms with Crippen molar-refractivity contribution in [3.05, 3.63) is 34.5 Å². The number of likely N-dealkylation sites (tertiary alicyclic amines) is 1. The molecule has 3 aromatic rings. The van der Waals surface area contributed by atoms with Crippen molar-refractivity contribution in [3.8, 4) is 11.3 Å². The second kappa shape index (κ2) is 7.71. The van der Waals surface area contributed by atoms with Gasteiger partial charge in [-0.15, -0.1) is 0 Å². The van der Waals surface area contributed by atoms with Crippen LogP contribution in [0.5, 0.6) is 0 Å². The van der Waals surface area contributed by atoms with E-state index in [2.05, 4.69) is 19.9 Å². The number of halogens is 2. The van der Waals surface area contributed by atoms with Gasteiger partial charge in [0.2, 0.25) is 5.95 Å². The molecule has 8 nitrogen and oxygen atoms in total. The number of aromatic amines is 1. The molecule has 0 spiro atoms. The van der Waals surface area contributed by atoms with Crippen LogP contribution in [0, 0.1) is 5.82 Å². The molecule has 2 aromatic heterocycles. The fraction of sp³-hybridized carbons (Fsp3) is 0.400. The quantitative estimate of drug-likeness (QED) is 0.645. The van der Waals surface area contributed by atoms with Gasteiger partial charge in [0, 0.05) is 24.6 Å². The van der Waals surface area contributed by atoms with Crippen molar-refractivity contribution >= 4 is 34.7 Å². The van der Waals surface area contributed by atoms with Gasteiger partial charge in [-0.3, -0.25) is 0 Å². The number of hydrogen-bond donors (Lipinski definition) is 2. The fourth-order valence-electron chi connectivity index (χ4n) is 4.00. The Bertz CT molecular complexity index is 1130. The summed E-state index contributed by atoms with van der Waals surface area (Å²) in [5.41, 5.74) is 8.36. The fourth-order valence-corrected chi connectivity index (χ4v) is 4.20. The summed E-state index contributed by atoms with van der Waals surface area (Å²) in [5.74, 6) is 0.214. The van der Waals surface area contributed by atoms with E-state index in [0.29, 0.717) is 42.1 Å². The molecule has 30 heavy (non-hydrogen) atoms. The molecule has 1 aliphatic heterocycles. The van der Waals surface area contributed by atoms with E-state index in [4.69, 9.17) is 22.1 Å². The number of nitrogens with zero attached hydrogens (tertiary/aromatic N) is 4. The highest BCUT2D eigenvalue weighted by Gasteiger charge is 2.31.